The molecular weight excluding hydrogens is 309 g/mol. The Labute approximate surface area is 141 Å². The minimum Gasteiger partial charge on any atom is -0.206 e. The summed E-state index contributed by atoms with van der Waals surface area (Å²) >= 11 is 0. The first-order valence-corrected chi connectivity index (χ1v) is 8.53. The molecule has 0 nitrogen and oxygen atoms in total. The highest BCUT2D eigenvalue weighted by Crippen LogP contribution is 2.30. The van der Waals surface area contributed by atoms with Gasteiger partial charge in [0.1, 0.15) is 5.82 Å². The van der Waals surface area contributed by atoms with E-state index in [0.717, 1.165) is 47.9 Å². The molecule has 0 heterocycles. The van der Waals surface area contributed by atoms with E-state index in [4.69, 9.17) is 0 Å². The Kier molecular flexibility index (Phi) is 5.08. The van der Waals surface area contributed by atoms with Crippen LogP contribution in [0.15, 0.2) is 36.4 Å². The van der Waals surface area contributed by atoms with Gasteiger partial charge in [0, 0.05) is 5.56 Å². The average Bonchev–Trinajstić information content (AvgIpc) is 2.56. The van der Waals surface area contributed by atoms with Crippen LogP contribution < -0.4 is 0 Å². The largest absolute Gasteiger partial charge is 0.206 e. The fraction of sp³-hybridized carbons (Fsp3) is 0.333. The molecule has 3 rings (SSSR count). The van der Waals surface area contributed by atoms with Gasteiger partial charge in [-0.3, -0.25) is 0 Å². The van der Waals surface area contributed by atoms with Crippen LogP contribution in [0.1, 0.15) is 48.4 Å². The maximum Gasteiger partial charge on any atom is 0.159 e. The number of allylic oxidation sites excluding steroid dienone is 2. The first-order valence-electron chi connectivity index (χ1n) is 8.53. The third-order valence-corrected chi connectivity index (χ3v) is 4.64. The predicted octanol–water partition coefficient (Wildman–Crippen LogP) is 6.02. The molecule has 0 spiro atoms. The fourth-order valence-electron chi connectivity index (χ4n) is 3.25. The van der Waals surface area contributed by atoms with Crippen LogP contribution >= 0.6 is 0 Å². The lowest BCUT2D eigenvalue weighted by Gasteiger charge is -2.18. The number of halogens is 3. The van der Waals surface area contributed by atoms with E-state index in [0.29, 0.717) is 18.4 Å². The lowest BCUT2D eigenvalue weighted by atomic mass is 9.87. The molecule has 24 heavy (non-hydrogen) atoms. The predicted molar refractivity (Wildman–Crippen MR) is 91.4 cm³/mol. The van der Waals surface area contributed by atoms with E-state index in [2.05, 4.69) is 6.92 Å². The highest BCUT2D eigenvalue weighted by molar-refractivity contribution is 5.71. The van der Waals surface area contributed by atoms with E-state index in [1.807, 2.05) is 18.2 Å². The maximum atomic E-state index is 14.5. The lowest BCUT2D eigenvalue weighted by Crippen LogP contribution is -2.06. The topological polar surface area (TPSA) is 0 Å². The standard InChI is InChI=1S/C21H21F3/c1-2-3-4-5-14-6-9-18(19(22)10-14)16-8-7-15-12-20(23)21(24)13-17(15)11-16/h6,8-10,12-13H,2-5,7,11H2,1H3. The van der Waals surface area contributed by atoms with Crippen molar-refractivity contribution in [1.29, 1.82) is 0 Å². The van der Waals surface area contributed by atoms with Crippen LogP contribution in [0.5, 0.6) is 0 Å². The Morgan fingerprint density at radius 3 is 2.33 bits per heavy atom. The summed E-state index contributed by atoms with van der Waals surface area (Å²) in [5.41, 5.74) is 3.91. The molecule has 0 radical (unpaired) electrons. The smallest absolute Gasteiger partial charge is 0.159 e. The second-order valence-electron chi connectivity index (χ2n) is 6.42. The van der Waals surface area contributed by atoms with Gasteiger partial charge in [0.2, 0.25) is 0 Å². The molecule has 0 aliphatic heterocycles. The average molecular weight is 330 g/mol. The van der Waals surface area contributed by atoms with Crippen LogP contribution in [0.3, 0.4) is 0 Å². The zero-order chi connectivity index (χ0) is 17.1. The Morgan fingerprint density at radius 2 is 1.62 bits per heavy atom. The van der Waals surface area contributed by atoms with Crippen LogP contribution in [0.25, 0.3) is 5.57 Å². The van der Waals surface area contributed by atoms with E-state index in [1.54, 1.807) is 6.07 Å². The molecule has 0 amide bonds. The first kappa shape index (κ1) is 16.8. The number of rotatable bonds is 5. The molecule has 0 saturated carbocycles. The van der Waals surface area contributed by atoms with Crippen molar-refractivity contribution in [3.8, 4) is 0 Å². The first-order chi connectivity index (χ1) is 11.6. The summed E-state index contributed by atoms with van der Waals surface area (Å²) in [5, 5.41) is 0. The zero-order valence-corrected chi connectivity index (χ0v) is 13.8. The molecule has 0 aromatic heterocycles. The molecule has 0 fully saturated rings. The molecular formula is C21H21F3. The van der Waals surface area contributed by atoms with Crippen molar-refractivity contribution in [2.75, 3.05) is 0 Å². The van der Waals surface area contributed by atoms with Gasteiger partial charge in [0.25, 0.3) is 0 Å². The van der Waals surface area contributed by atoms with Crippen molar-refractivity contribution in [3.63, 3.8) is 0 Å². The molecule has 2 aromatic rings. The number of aryl methyl sites for hydroxylation is 1. The third kappa shape index (κ3) is 3.55. The van der Waals surface area contributed by atoms with Crippen molar-refractivity contribution in [2.24, 2.45) is 0 Å². The molecule has 0 bridgehead atoms. The lowest BCUT2D eigenvalue weighted by molar-refractivity contribution is 0.506. The SMILES string of the molecule is CCCCCc1ccc(C2=CCc3cc(F)c(F)cc3C2)c(F)c1. The summed E-state index contributed by atoms with van der Waals surface area (Å²) < 4.78 is 41.2. The number of hydrogen-bond acceptors (Lipinski definition) is 0. The van der Waals surface area contributed by atoms with E-state index >= 15 is 0 Å². The summed E-state index contributed by atoms with van der Waals surface area (Å²) in [6.45, 7) is 2.14. The van der Waals surface area contributed by atoms with Crippen LogP contribution in [0.2, 0.25) is 0 Å². The van der Waals surface area contributed by atoms with Gasteiger partial charge in [0.15, 0.2) is 11.6 Å². The highest BCUT2D eigenvalue weighted by Gasteiger charge is 2.18. The summed E-state index contributed by atoms with van der Waals surface area (Å²) in [7, 11) is 0. The normalized spacial score (nSPS) is 13.6. The molecule has 126 valence electrons. The second kappa shape index (κ2) is 7.25. The van der Waals surface area contributed by atoms with Gasteiger partial charge in [-0.2, -0.15) is 0 Å². The van der Waals surface area contributed by atoms with Gasteiger partial charge in [0.05, 0.1) is 0 Å². The Hall–Kier alpha value is -2.03. The molecule has 0 unspecified atom stereocenters. The van der Waals surface area contributed by atoms with Crippen LogP contribution in [-0.2, 0) is 19.3 Å². The number of benzene rings is 2. The zero-order valence-electron chi connectivity index (χ0n) is 13.8. The highest BCUT2D eigenvalue weighted by atomic mass is 19.2. The minimum atomic E-state index is -0.846. The van der Waals surface area contributed by atoms with Gasteiger partial charge in [-0.1, -0.05) is 38.0 Å². The molecule has 0 atom stereocenters. The van der Waals surface area contributed by atoms with E-state index < -0.39 is 11.6 Å². The Balaban J connectivity index is 1.80. The molecule has 1 aliphatic rings. The summed E-state index contributed by atoms with van der Waals surface area (Å²) in [5.74, 6) is -1.91. The Bertz CT molecular complexity index is 775. The van der Waals surface area contributed by atoms with Gasteiger partial charge >= 0.3 is 0 Å². The summed E-state index contributed by atoms with van der Waals surface area (Å²) in [6.07, 6.45) is 7.08. The van der Waals surface area contributed by atoms with Crippen LogP contribution in [0.4, 0.5) is 13.2 Å². The van der Waals surface area contributed by atoms with Gasteiger partial charge < -0.3 is 0 Å². The number of hydrogen-bond donors (Lipinski definition) is 0. The van der Waals surface area contributed by atoms with Crippen molar-refractivity contribution >= 4 is 5.57 Å². The maximum absolute atomic E-state index is 14.5. The monoisotopic (exact) mass is 330 g/mol. The van der Waals surface area contributed by atoms with Crippen molar-refractivity contribution < 1.29 is 13.2 Å². The van der Waals surface area contributed by atoms with Crippen molar-refractivity contribution in [1.82, 2.24) is 0 Å². The third-order valence-electron chi connectivity index (χ3n) is 4.64. The van der Waals surface area contributed by atoms with E-state index in [-0.39, 0.29) is 5.82 Å². The van der Waals surface area contributed by atoms with Gasteiger partial charge in [-0.05, 0) is 66.1 Å². The summed E-state index contributed by atoms with van der Waals surface area (Å²) in [6, 6.07) is 7.86. The minimum absolute atomic E-state index is 0.235. The van der Waals surface area contributed by atoms with Gasteiger partial charge in [-0.25, -0.2) is 13.2 Å². The molecule has 3 heteroatoms. The fourth-order valence-corrected chi connectivity index (χ4v) is 3.25. The number of unbranched alkanes of at least 4 members (excludes halogenated alkanes) is 2. The summed E-state index contributed by atoms with van der Waals surface area (Å²) in [4.78, 5) is 0. The quantitative estimate of drug-likeness (QED) is 0.588. The van der Waals surface area contributed by atoms with Crippen molar-refractivity contribution in [2.45, 2.75) is 45.4 Å². The van der Waals surface area contributed by atoms with Gasteiger partial charge in [-0.15, -0.1) is 0 Å². The molecule has 1 aliphatic carbocycles. The van der Waals surface area contributed by atoms with E-state index in [1.165, 1.54) is 12.1 Å². The number of fused-ring (bicyclic) bond motifs is 1. The molecule has 2 aromatic carbocycles. The second-order valence-corrected chi connectivity index (χ2v) is 6.42. The molecule has 0 N–H and O–H groups in total. The van der Waals surface area contributed by atoms with E-state index in [9.17, 15) is 13.2 Å². The van der Waals surface area contributed by atoms with Crippen LogP contribution in [0, 0.1) is 17.5 Å². The molecule has 0 saturated heterocycles. The van der Waals surface area contributed by atoms with Crippen molar-refractivity contribution in [3.05, 3.63) is 76.1 Å². The Morgan fingerprint density at radius 1 is 0.875 bits per heavy atom. The van der Waals surface area contributed by atoms with Crippen LogP contribution in [-0.4, -0.2) is 0 Å².